The van der Waals surface area contributed by atoms with Gasteiger partial charge in [-0.15, -0.1) is 0 Å². The molecule has 0 aliphatic carbocycles. The van der Waals surface area contributed by atoms with Crippen LogP contribution in [-0.4, -0.2) is 22.9 Å². The van der Waals surface area contributed by atoms with Gasteiger partial charge in [0.05, 0.1) is 22.2 Å². The van der Waals surface area contributed by atoms with E-state index in [0.29, 0.717) is 0 Å². The average molecular weight is 473 g/mol. The van der Waals surface area contributed by atoms with Gasteiger partial charge in [-0.3, -0.25) is 0 Å². The zero-order chi connectivity index (χ0) is 25.2. The van der Waals surface area contributed by atoms with Crippen molar-refractivity contribution in [1.29, 1.82) is 0 Å². The van der Waals surface area contributed by atoms with Gasteiger partial charge in [-0.05, 0) is 93.5 Å². The van der Waals surface area contributed by atoms with Crippen LogP contribution >= 0.6 is 0 Å². The Kier molecular flexibility index (Phi) is 5.19. The van der Waals surface area contributed by atoms with Crippen LogP contribution in [-0.2, 0) is 9.31 Å². The second-order valence-corrected chi connectivity index (χ2v) is 11.0. The number of benzene rings is 4. The molecule has 1 fully saturated rings. The van der Waals surface area contributed by atoms with Crippen LogP contribution in [0.15, 0.2) is 84.9 Å². The molecule has 2 heterocycles. The molecule has 4 heteroatoms. The van der Waals surface area contributed by atoms with Gasteiger partial charge in [-0.25, -0.2) is 0 Å². The molecule has 180 valence electrons. The van der Waals surface area contributed by atoms with Crippen molar-refractivity contribution in [1.82, 2.24) is 4.57 Å². The summed E-state index contributed by atoms with van der Waals surface area (Å²) in [6.07, 6.45) is 0. The molecule has 1 saturated heterocycles. The smallest absolute Gasteiger partial charge is 0.399 e. The number of rotatable bonds is 3. The predicted octanol–water partition coefficient (Wildman–Crippen LogP) is 7.37. The zero-order valence-corrected chi connectivity index (χ0v) is 21.9. The minimum Gasteiger partial charge on any atom is -0.399 e. The lowest BCUT2D eigenvalue weighted by Crippen LogP contribution is -2.41. The number of para-hydroxylation sites is 2. The minimum atomic E-state index is -0.346. The van der Waals surface area contributed by atoms with Gasteiger partial charge < -0.3 is 13.9 Å². The minimum absolute atomic E-state index is 0.344. The number of fused-ring (bicyclic) bond motifs is 3. The van der Waals surface area contributed by atoms with Crippen LogP contribution in [0.25, 0.3) is 38.6 Å². The summed E-state index contributed by atoms with van der Waals surface area (Å²) in [5.74, 6) is 0. The van der Waals surface area contributed by atoms with Gasteiger partial charge in [0, 0.05) is 16.5 Å². The SMILES string of the molecule is Cc1cc(B2OC(C)(C)C(C)(C)O2)ccc1-c1ccc(-n2c3ccccc3c3ccccc32)cc1C. The Morgan fingerprint density at radius 3 is 1.64 bits per heavy atom. The fourth-order valence-corrected chi connectivity index (χ4v) is 5.40. The highest BCUT2D eigenvalue weighted by Crippen LogP contribution is 2.37. The molecule has 1 aliphatic rings. The molecule has 0 radical (unpaired) electrons. The molecule has 4 aromatic carbocycles. The number of aromatic nitrogens is 1. The standard InChI is InChI=1S/C32H32BNO2/c1-21-19-23(33-35-31(3,4)32(5,6)36-33)15-17-25(21)26-18-16-24(20-22(26)2)34-29-13-9-7-11-27(29)28-12-8-10-14-30(28)34/h7-20H,1-6H3. The Morgan fingerprint density at radius 2 is 1.11 bits per heavy atom. The summed E-state index contributed by atoms with van der Waals surface area (Å²) >= 11 is 0. The van der Waals surface area contributed by atoms with E-state index in [1.165, 1.54) is 49.7 Å². The largest absolute Gasteiger partial charge is 0.494 e. The molecule has 6 rings (SSSR count). The highest BCUT2D eigenvalue weighted by atomic mass is 16.7. The Balaban J connectivity index is 1.39. The summed E-state index contributed by atoms with van der Waals surface area (Å²) in [5, 5.41) is 2.56. The van der Waals surface area contributed by atoms with E-state index in [2.05, 4.69) is 131 Å². The lowest BCUT2D eigenvalue weighted by atomic mass is 9.77. The van der Waals surface area contributed by atoms with Crippen molar-refractivity contribution in [2.75, 3.05) is 0 Å². The Hall–Kier alpha value is -3.34. The molecule has 0 unspecified atom stereocenters. The molecule has 0 bridgehead atoms. The first-order valence-electron chi connectivity index (χ1n) is 12.7. The van der Waals surface area contributed by atoms with E-state index in [1.54, 1.807) is 0 Å². The van der Waals surface area contributed by atoms with Crippen LogP contribution in [0.5, 0.6) is 0 Å². The van der Waals surface area contributed by atoms with Crippen LogP contribution in [0.2, 0.25) is 0 Å². The van der Waals surface area contributed by atoms with Gasteiger partial charge in [-0.2, -0.15) is 0 Å². The second kappa shape index (κ2) is 8.09. The van der Waals surface area contributed by atoms with Crippen LogP contribution in [0.4, 0.5) is 0 Å². The summed E-state index contributed by atoms with van der Waals surface area (Å²) < 4.78 is 14.9. The summed E-state index contributed by atoms with van der Waals surface area (Å²) in [6.45, 7) is 12.7. The number of aryl methyl sites for hydroxylation is 2. The Morgan fingerprint density at radius 1 is 0.611 bits per heavy atom. The molecule has 0 saturated carbocycles. The van der Waals surface area contributed by atoms with Crippen molar-refractivity contribution in [2.45, 2.75) is 52.7 Å². The van der Waals surface area contributed by atoms with E-state index >= 15 is 0 Å². The molecule has 0 amide bonds. The fourth-order valence-electron chi connectivity index (χ4n) is 5.40. The Labute approximate surface area is 213 Å². The summed E-state index contributed by atoms with van der Waals surface area (Å²) in [4.78, 5) is 0. The summed E-state index contributed by atoms with van der Waals surface area (Å²) in [6, 6.07) is 30.6. The molecular weight excluding hydrogens is 441 g/mol. The lowest BCUT2D eigenvalue weighted by Gasteiger charge is -2.32. The van der Waals surface area contributed by atoms with E-state index in [-0.39, 0.29) is 18.3 Å². The highest BCUT2D eigenvalue weighted by Gasteiger charge is 2.51. The third-order valence-corrected chi connectivity index (χ3v) is 8.11. The average Bonchev–Trinajstić information content (AvgIpc) is 3.29. The monoisotopic (exact) mass is 473 g/mol. The molecule has 1 aliphatic heterocycles. The van der Waals surface area contributed by atoms with Crippen molar-refractivity contribution in [2.24, 2.45) is 0 Å². The van der Waals surface area contributed by atoms with Gasteiger partial charge in [0.15, 0.2) is 0 Å². The molecule has 1 aromatic heterocycles. The third-order valence-electron chi connectivity index (χ3n) is 8.11. The van der Waals surface area contributed by atoms with E-state index in [9.17, 15) is 0 Å². The molecule has 3 nitrogen and oxygen atoms in total. The predicted molar refractivity (Wildman–Crippen MR) is 151 cm³/mol. The molecule has 0 atom stereocenters. The summed E-state index contributed by atoms with van der Waals surface area (Å²) in [5.41, 5.74) is 8.97. The fraction of sp³-hybridized carbons (Fsp3) is 0.250. The van der Waals surface area contributed by atoms with Crippen molar-refractivity contribution in [3.63, 3.8) is 0 Å². The lowest BCUT2D eigenvalue weighted by molar-refractivity contribution is 0.00578. The van der Waals surface area contributed by atoms with E-state index in [0.717, 1.165) is 5.46 Å². The molecular formula is C32H32BNO2. The summed E-state index contributed by atoms with van der Waals surface area (Å²) in [7, 11) is -0.346. The van der Waals surface area contributed by atoms with Crippen molar-refractivity contribution < 1.29 is 9.31 Å². The van der Waals surface area contributed by atoms with Crippen LogP contribution in [0.1, 0.15) is 38.8 Å². The third kappa shape index (κ3) is 3.51. The first kappa shape index (κ1) is 23.1. The van der Waals surface area contributed by atoms with Gasteiger partial charge in [-0.1, -0.05) is 60.7 Å². The van der Waals surface area contributed by atoms with Gasteiger partial charge in [0.1, 0.15) is 0 Å². The van der Waals surface area contributed by atoms with Crippen molar-refractivity contribution in [3.05, 3.63) is 96.1 Å². The normalized spacial score (nSPS) is 16.8. The van der Waals surface area contributed by atoms with E-state index < -0.39 is 0 Å². The van der Waals surface area contributed by atoms with Crippen LogP contribution in [0.3, 0.4) is 0 Å². The number of hydrogen-bond donors (Lipinski definition) is 0. The first-order chi connectivity index (χ1) is 17.2. The zero-order valence-electron chi connectivity index (χ0n) is 21.9. The maximum atomic E-state index is 6.28. The molecule has 0 spiro atoms. The van der Waals surface area contributed by atoms with Gasteiger partial charge in [0.2, 0.25) is 0 Å². The van der Waals surface area contributed by atoms with Gasteiger partial charge >= 0.3 is 7.12 Å². The quantitative estimate of drug-likeness (QED) is 0.256. The number of nitrogens with zero attached hydrogens (tertiary/aromatic N) is 1. The molecule has 0 N–H and O–H groups in total. The van der Waals surface area contributed by atoms with E-state index in [1.807, 2.05) is 0 Å². The maximum absolute atomic E-state index is 6.28. The Bertz CT molecular complexity index is 1560. The van der Waals surface area contributed by atoms with Crippen molar-refractivity contribution >= 4 is 34.4 Å². The number of hydrogen-bond acceptors (Lipinski definition) is 2. The van der Waals surface area contributed by atoms with Crippen LogP contribution < -0.4 is 5.46 Å². The van der Waals surface area contributed by atoms with Gasteiger partial charge in [0.25, 0.3) is 0 Å². The first-order valence-corrected chi connectivity index (χ1v) is 12.7. The van der Waals surface area contributed by atoms with Crippen LogP contribution in [0, 0.1) is 13.8 Å². The molecule has 36 heavy (non-hydrogen) atoms. The maximum Gasteiger partial charge on any atom is 0.494 e. The van der Waals surface area contributed by atoms with E-state index in [4.69, 9.17) is 9.31 Å². The second-order valence-electron chi connectivity index (χ2n) is 11.0. The topological polar surface area (TPSA) is 23.4 Å². The van der Waals surface area contributed by atoms with Crippen molar-refractivity contribution in [3.8, 4) is 16.8 Å². The molecule has 5 aromatic rings. The highest BCUT2D eigenvalue weighted by molar-refractivity contribution is 6.62.